The Labute approximate surface area is 199 Å². The van der Waals surface area contributed by atoms with Crippen LogP contribution < -0.4 is 16.1 Å². The molecule has 2 aliphatic rings. The maximum atomic E-state index is 13.2. The lowest BCUT2D eigenvalue weighted by Crippen LogP contribution is -2.53. The monoisotopic (exact) mass is 470 g/mol. The van der Waals surface area contributed by atoms with Crippen LogP contribution in [-0.4, -0.2) is 69.1 Å². The van der Waals surface area contributed by atoms with Crippen LogP contribution in [0, 0.1) is 5.92 Å². The van der Waals surface area contributed by atoms with Crippen LogP contribution in [0.5, 0.6) is 0 Å². The minimum absolute atomic E-state index is 0.112. The highest BCUT2D eigenvalue weighted by Gasteiger charge is 2.37. The molecule has 34 heavy (non-hydrogen) atoms. The third-order valence-electron chi connectivity index (χ3n) is 6.66. The van der Waals surface area contributed by atoms with Gasteiger partial charge in [0.2, 0.25) is 11.7 Å². The van der Waals surface area contributed by atoms with E-state index in [-0.39, 0.29) is 23.8 Å². The van der Waals surface area contributed by atoms with Gasteiger partial charge in [0.05, 0.1) is 6.04 Å². The second-order valence-electron chi connectivity index (χ2n) is 9.00. The van der Waals surface area contributed by atoms with Crippen LogP contribution in [-0.2, 0) is 14.4 Å². The van der Waals surface area contributed by atoms with Crippen molar-refractivity contribution in [2.24, 2.45) is 5.92 Å². The second-order valence-corrected chi connectivity index (χ2v) is 9.00. The average molecular weight is 471 g/mol. The molecular weight excluding hydrogens is 436 g/mol. The number of amides is 2. The molecule has 4 rings (SSSR count). The van der Waals surface area contributed by atoms with E-state index in [1.807, 2.05) is 37.3 Å². The summed E-state index contributed by atoms with van der Waals surface area (Å²) >= 11 is 0. The summed E-state index contributed by atoms with van der Waals surface area (Å²) < 4.78 is 0. The van der Waals surface area contributed by atoms with Gasteiger partial charge in [-0.1, -0.05) is 49.6 Å². The molecular formula is C23H34N8O3. The highest BCUT2D eigenvalue weighted by molar-refractivity contribution is 5.89. The fourth-order valence-electron chi connectivity index (χ4n) is 4.55. The molecule has 0 unspecified atom stereocenters. The van der Waals surface area contributed by atoms with Crippen molar-refractivity contribution in [2.45, 2.75) is 70.2 Å². The van der Waals surface area contributed by atoms with Crippen molar-refractivity contribution in [3.8, 4) is 11.4 Å². The topological polar surface area (TPSA) is 126 Å². The number of tetrazole rings is 1. The fourth-order valence-corrected chi connectivity index (χ4v) is 4.55. The molecule has 3 N–H and O–H groups in total. The first-order chi connectivity index (χ1) is 16.6. The van der Waals surface area contributed by atoms with Gasteiger partial charge in [-0.25, -0.2) is 5.43 Å². The Bertz CT molecular complexity index is 947. The van der Waals surface area contributed by atoms with Gasteiger partial charge in [-0.3, -0.25) is 14.4 Å². The molecule has 2 fully saturated rings. The van der Waals surface area contributed by atoms with Gasteiger partial charge in [0.15, 0.2) is 6.23 Å². The minimum atomic E-state index is -0.502. The summed E-state index contributed by atoms with van der Waals surface area (Å²) in [4.78, 5) is 33.4. The van der Waals surface area contributed by atoms with Crippen molar-refractivity contribution in [1.82, 2.24) is 36.0 Å². The molecule has 1 aliphatic heterocycles. The van der Waals surface area contributed by atoms with Crippen LogP contribution in [0.1, 0.15) is 51.9 Å². The summed E-state index contributed by atoms with van der Waals surface area (Å²) in [5, 5.41) is 19.4. The maximum absolute atomic E-state index is 13.2. The number of nitrogens with zero attached hydrogens (tertiary/aromatic N) is 5. The van der Waals surface area contributed by atoms with Crippen LogP contribution in [0.15, 0.2) is 30.3 Å². The molecule has 2 aromatic rings. The Balaban J connectivity index is 1.44. The molecule has 1 aromatic heterocycles. The Kier molecular flexibility index (Phi) is 8.20. The fraction of sp³-hybridized carbons (Fsp3) is 0.609. The predicted octanol–water partition coefficient (Wildman–Crippen LogP) is 1.44. The molecule has 1 aromatic carbocycles. The molecule has 0 bridgehead atoms. The van der Waals surface area contributed by atoms with Crippen LogP contribution in [0.3, 0.4) is 0 Å². The van der Waals surface area contributed by atoms with E-state index in [0.29, 0.717) is 18.8 Å². The lowest BCUT2D eigenvalue weighted by atomic mass is 9.88. The number of rotatable bonds is 9. The van der Waals surface area contributed by atoms with Gasteiger partial charge in [0, 0.05) is 18.0 Å². The van der Waals surface area contributed by atoms with E-state index < -0.39 is 12.3 Å². The number of hydrogen-bond donors (Lipinski definition) is 3. The van der Waals surface area contributed by atoms with E-state index in [2.05, 4.69) is 31.6 Å². The number of likely N-dealkylation sites (N-methyl/N-ethyl adjacent to an activating group) is 1. The Morgan fingerprint density at radius 2 is 1.85 bits per heavy atom. The van der Waals surface area contributed by atoms with E-state index in [1.165, 1.54) is 11.2 Å². The summed E-state index contributed by atoms with van der Waals surface area (Å²) in [6.07, 6.45) is 6.42. The third kappa shape index (κ3) is 5.78. The zero-order valence-electron chi connectivity index (χ0n) is 19.8. The molecule has 1 saturated heterocycles. The van der Waals surface area contributed by atoms with Gasteiger partial charge in [-0.15, -0.1) is 9.89 Å². The Hall–Kier alpha value is -2.89. The van der Waals surface area contributed by atoms with Crippen molar-refractivity contribution in [3.63, 3.8) is 0 Å². The number of carbonyl (C=O) groups is 2. The van der Waals surface area contributed by atoms with E-state index in [0.717, 1.165) is 37.7 Å². The first-order valence-electron chi connectivity index (χ1n) is 12.1. The third-order valence-corrected chi connectivity index (χ3v) is 6.66. The number of hydroxylamine groups is 2. The second kappa shape index (κ2) is 11.5. The van der Waals surface area contributed by atoms with Gasteiger partial charge in [0.1, 0.15) is 6.04 Å². The number of nitrogens with one attached hydrogen (secondary N) is 3. The number of benzene rings is 1. The molecule has 1 saturated carbocycles. The smallest absolute Gasteiger partial charge is 0.259 e. The SMILES string of the molecule is CN[C@@H](C)C(=O)N[C@H](ON1CCC[C@H]1C(=O)Nn1nnnc1-c1ccccc1)C1CCCCC1. The lowest BCUT2D eigenvalue weighted by molar-refractivity contribution is -0.228. The highest BCUT2D eigenvalue weighted by Crippen LogP contribution is 2.29. The average Bonchev–Trinajstić information content (AvgIpc) is 3.53. The molecule has 1 aliphatic carbocycles. The van der Waals surface area contributed by atoms with Gasteiger partial charge < -0.3 is 10.6 Å². The van der Waals surface area contributed by atoms with Crippen molar-refractivity contribution >= 4 is 11.8 Å². The van der Waals surface area contributed by atoms with Gasteiger partial charge in [0.25, 0.3) is 5.91 Å². The normalized spacial score (nSPS) is 21.2. The Morgan fingerprint density at radius 3 is 2.59 bits per heavy atom. The van der Waals surface area contributed by atoms with Crippen LogP contribution >= 0.6 is 0 Å². The maximum Gasteiger partial charge on any atom is 0.259 e. The molecule has 2 amide bonds. The quantitative estimate of drug-likeness (QED) is 0.470. The van der Waals surface area contributed by atoms with E-state index in [1.54, 1.807) is 12.1 Å². The van der Waals surface area contributed by atoms with E-state index >= 15 is 0 Å². The van der Waals surface area contributed by atoms with Crippen LogP contribution in [0.4, 0.5) is 0 Å². The van der Waals surface area contributed by atoms with E-state index in [9.17, 15) is 9.59 Å². The molecule has 184 valence electrons. The molecule has 0 spiro atoms. The molecule has 2 heterocycles. The van der Waals surface area contributed by atoms with Crippen molar-refractivity contribution in [3.05, 3.63) is 30.3 Å². The highest BCUT2D eigenvalue weighted by atomic mass is 16.7. The number of carbonyl (C=O) groups excluding carboxylic acids is 2. The standard InChI is InChI=1S/C23H34N8O3/c1-16(24-2)21(32)25-23(18-12-7-4-8-13-18)34-30-15-9-14-19(30)22(33)27-31-20(26-28-29-31)17-10-5-3-6-11-17/h3,5-6,10-11,16,18-19,23-24H,4,7-9,12-15H2,1-2H3,(H,25,32)(H,27,33)/t16-,19-,23+/m0/s1. The summed E-state index contributed by atoms with van der Waals surface area (Å²) in [7, 11) is 1.75. The molecule has 0 radical (unpaired) electrons. The summed E-state index contributed by atoms with van der Waals surface area (Å²) in [6.45, 7) is 2.43. The molecule has 11 nitrogen and oxygen atoms in total. The van der Waals surface area contributed by atoms with Gasteiger partial charge in [-0.05, 0) is 50.1 Å². The Morgan fingerprint density at radius 1 is 1.09 bits per heavy atom. The largest absolute Gasteiger partial charge is 0.327 e. The first-order valence-corrected chi connectivity index (χ1v) is 12.1. The predicted molar refractivity (Wildman–Crippen MR) is 125 cm³/mol. The summed E-state index contributed by atoms with van der Waals surface area (Å²) in [5.41, 5.74) is 3.60. The van der Waals surface area contributed by atoms with Crippen LogP contribution in [0.25, 0.3) is 11.4 Å². The van der Waals surface area contributed by atoms with Crippen molar-refractivity contribution in [2.75, 3.05) is 19.0 Å². The lowest BCUT2D eigenvalue weighted by Gasteiger charge is -2.35. The number of aromatic nitrogens is 4. The van der Waals surface area contributed by atoms with Crippen LogP contribution in [0.2, 0.25) is 0 Å². The zero-order valence-corrected chi connectivity index (χ0v) is 19.8. The molecule has 3 atom stereocenters. The molecule has 11 heteroatoms. The first kappa shape index (κ1) is 24.2. The summed E-state index contributed by atoms with van der Waals surface area (Å²) in [5.74, 6) is 0.307. The van der Waals surface area contributed by atoms with Gasteiger partial charge in [-0.2, -0.15) is 5.06 Å². The minimum Gasteiger partial charge on any atom is -0.327 e. The van der Waals surface area contributed by atoms with E-state index in [4.69, 9.17) is 4.84 Å². The number of hydrogen-bond acceptors (Lipinski definition) is 8. The van der Waals surface area contributed by atoms with Crippen molar-refractivity contribution < 1.29 is 14.4 Å². The zero-order chi connectivity index (χ0) is 23.9. The van der Waals surface area contributed by atoms with Gasteiger partial charge >= 0.3 is 0 Å². The van der Waals surface area contributed by atoms with Crippen molar-refractivity contribution in [1.29, 1.82) is 0 Å². The summed E-state index contributed by atoms with van der Waals surface area (Å²) in [6, 6.07) is 8.60.